The number of carbonyl (C=O) groups is 2. The van der Waals surface area contributed by atoms with Crippen LogP contribution in [0.3, 0.4) is 0 Å². The molecule has 1 saturated heterocycles. The van der Waals surface area contributed by atoms with E-state index in [1.54, 1.807) is 23.5 Å². The van der Waals surface area contributed by atoms with E-state index < -0.39 is 0 Å². The number of hydrogen-bond acceptors (Lipinski definition) is 9. The van der Waals surface area contributed by atoms with Crippen LogP contribution < -0.4 is 10.6 Å². The zero-order chi connectivity index (χ0) is 31.2. The molecule has 45 heavy (non-hydrogen) atoms. The van der Waals surface area contributed by atoms with Gasteiger partial charge >= 0.3 is 0 Å². The standard InChI is InChI=1S/C35H36N6O3S/c36-23-28-27(9-5-10-29(28)37)34-38-30-22-31(45-33(30)35(39-34)41-18-20-44-21-19-41)25-14-16-40(17-15-25)32(43)11-4-8-26(42)13-12-24-6-2-1-3-7-24/h1-3,5-7,9-10,12-14,22-23,36H,4,8,11,15-21,37H2/b13-12+,36-23?. The molecule has 2 aromatic carbocycles. The Hall–Kier alpha value is -4.67. The lowest BCUT2D eigenvalue weighted by molar-refractivity contribution is -0.130. The number of allylic oxidation sites excluding steroid dienone is 1. The number of ether oxygens (including phenoxy) is 1. The number of nitrogens with one attached hydrogen (secondary N) is 1. The summed E-state index contributed by atoms with van der Waals surface area (Å²) in [5.74, 6) is 1.53. The van der Waals surface area contributed by atoms with E-state index in [2.05, 4.69) is 17.0 Å². The van der Waals surface area contributed by atoms with Gasteiger partial charge in [-0.2, -0.15) is 0 Å². The summed E-state index contributed by atoms with van der Waals surface area (Å²) in [6.45, 7) is 3.93. The van der Waals surface area contributed by atoms with Gasteiger partial charge in [0.15, 0.2) is 17.4 Å². The second-order valence-electron chi connectivity index (χ2n) is 11.1. The van der Waals surface area contributed by atoms with Crippen molar-refractivity contribution in [3.63, 3.8) is 0 Å². The van der Waals surface area contributed by atoms with Crippen LogP contribution in [-0.4, -0.2) is 72.2 Å². The third-order valence-electron chi connectivity index (χ3n) is 8.14. The predicted octanol–water partition coefficient (Wildman–Crippen LogP) is 5.84. The zero-order valence-electron chi connectivity index (χ0n) is 25.1. The number of ketones is 1. The summed E-state index contributed by atoms with van der Waals surface area (Å²) >= 11 is 1.68. The van der Waals surface area contributed by atoms with E-state index in [4.69, 9.17) is 25.8 Å². The van der Waals surface area contributed by atoms with Crippen LogP contribution in [0.1, 0.15) is 41.7 Å². The number of rotatable bonds is 10. The van der Waals surface area contributed by atoms with Crippen LogP contribution in [0.15, 0.2) is 66.7 Å². The lowest BCUT2D eigenvalue weighted by Gasteiger charge is -2.28. The van der Waals surface area contributed by atoms with Gasteiger partial charge in [-0.25, -0.2) is 9.97 Å². The second-order valence-corrected chi connectivity index (χ2v) is 12.2. The van der Waals surface area contributed by atoms with E-state index in [9.17, 15) is 9.59 Å². The fourth-order valence-corrected chi connectivity index (χ4v) is 6.83. The fraction of sp³-hybridized carbons (Fsp3) is 0.286. The van der Waals surface area contributed by atoms with Crippen LogP contribution in [0, 0.1) is 5.41 Å². The molecule has 1 amide bonds. The smallest absolute Gasteiger partial charge is 0.222 e. The van der Waals surface area contributed by atoms with Crippen molar-refractivity contribution in [2.45, 2.75) is 25.7 Å². The average molecular weight is 621 g/mol. The van der Waals surface area contributed by atoms with Crippen molar-refractivity contribution >= 4 is 62.6 Å². The predicted molar refractivity (Wildman–Crippen MR) is 182 cm³/mol. The Morgan fingerprint density at radius 3 is 2.60 bits per heavy atom. The molecule has 3 N–H and O–H groups in total. The summed E-state index contributed by atoms with van der Waals surface area (Å²) < 4.78 is 6.62. The number of anilines is 2. The maximum absolute atomic E-state index is 12.9. The number of hydrogen-bond donors (Lipinski definition) is 2. The van der Waals surface area contributed by atoms with Gasteiger partial charge in [0.05, 0.1) is 23.4 Å². The summed E-state index contributed by atoms with van der Waals surface area (Å²) in [6.07, 6.45) is 8.81. The number of amides is 1. The van der Waals surface area contributed by atoms with Crippen molar-refractivity contribution in [2.24, 2.45) is 0 Å². The SMILES string of the molecule is N=Cc1c(N)cccc1-c1nc(N2CCOCC2)c2sc(C3=CCN(C(=O)CCCC(=O)/C=C/c4ccccc4)CC3)cc2n1. The van der Waals surface area contributed by atoms with Crippen LogP contribution >= 0.6 is 11.3 Å². The quantitative estimate of drug-likeness (QED) is 0.130. The average Bonchev–Trinajstić information content (AvgIpc) is 3.52. The van der Waals surface area contributed by atoms with Gasteiger partial charge in [-0.3, -0.25) is 9.59 Å². The minimum atomic E-state index is 0.0322. The number of nitrogens with two attached hydrogens (primary N) is 1. The van der Waals surface area contributed by atoms with E-state index >= 15 is 0 Å². The second kappa shape index (κ2) is 14.0. The number of thiophene rings is 1. The molecule has 2 aliphatic rings. The number of nitrogen functional groups attached to an aromatic ring is 1. The number of fused-ring (bicyclic) bond motifs is 1. The third kappa shape index (κ3) is 7.02. The van der Waals surface area contributed by atoms with E-state index in [1.807, 2.05) is 53.4 Å². The maximum atomic E-state index is 12.9. The maximum Gasteiger partial charge on any atom is 0.222 e. The van der Waals surface area contributed by atoms with E-state index in [0.29, 0.717) is 62.6 Å². The summed E-state index contributed by atoms with van der Waals surface area (Å²) in [5.41, 5.74) is 11.1. The number of nitrogens with zero attached hydrogens (tertiary/aromatic N) is 4. The number of benzene rings is 2. The molecule has 6 rings (SSSR count). The Balaban J connectivity index is 1.16. The molecule has 2 aliphatic heterocycles. The number of morpholine rings is 1. The van der Waals surface area contributed by atoms with Gasteiger partial charge in [-0.1, -0.05) is 54.6 Å². The highest BCUT2D eigenvalue weighted by Crippen LogP contribution is 2.39. The van der Waals surface area contributed by atoms with Crippen molar-refractivity contribution in [2.75, 3.05) is 50.0 Å². The molecular weight excluding hydrogens is 584 g/mol. The molecular formula is C35H36N6O3S. The minimum Gasteiger partial charge on any atom is -0.398 e. The fourth-order valence-electron chi connectivity index (χ4n) is 5.65. The van der Waals surface area contributed by atoms with Crippen LogP contribution in [0.2, 0.25) is 0 Å². The monoisotopic (exact) mass is 620 g/mol. The molecule has 0 radical (unpaired) electrons. The summed E-state index contributed by atoms with van der Waals surface area (Å²) in [7, 11) is 0. The molecule has 230 valence electrons. The van der Waals surface area contributed by atoms with Gasteiger partial charge in [-0.05, 0) is 42.2 Å². The topological polar surface area (TPSA) is 125 Å². The van der Waals surface area contributed by atoms with Crippen molar-refractivity contribution in [3.05, 3.63) is 82.8 Å². The Morgan fingerprint density at radius 2 is 1.84 bits per heavy atom. The van der Waals surface area contributed by atoms with Crippen molar-refractivity contribution in [1.29, 1.82) is 5.41 Å². The third-order valence-corrected chi connectivity index (χ3v) is 9.34. The van der Waals surface area contributed by atoms with Crippen LogP contribution in [0.4, 0.5) is 11.5 Å². The molecule has 0 unspecified atom stereocenters. The van der Waals surface area contributed by atoms with E-state index in [-0.39, 0.29) is 11.7 Å². The molecule has 0 bridgehead atoms. The van der Waals surface area contributed by atoms with Gasteiger partial charge in [0.25, 0.3) is 0 Å². The van der Waals surface area contributed by atoms with Crippen LogP contribution in [0.25, 0.3) is 33.3 Å². The molecule has 2 aromatic heterocycles. The van der Waals surface area contributed by atoms with Gasteiger partial charge in [0.1, 0.15) is 0 Å². The first-order valence-corrected chi connectivity index (χ1v) is 16.1. The van der Waals surface area contributed by atoms with Crippen molar-refractivity contribution in [3.8, 4) is 11.4 Å². The molecule has 9 nitrogen and oxygen atoms in total. The van der Waals surface area contributed by atoms with Crippen molar-refractivity contribution in [1.82, 2.24) is 14.9 Å². The molecule has 4 heterocycles. The lowest BCUT2D eigenvalue weighted by Crippen LogP contribution is -2.36. The van der Waals surface area contributed by atoms with E-state index in [0.717, 1.165) is 51.5 Å². The Labute approximate surface area is 266 Å². The summed E-state index contributed by atoms with van der Waals surface area (Å²) in [5, 5.41) is 7.94. The number of carbonyl (C=O) groups excluding carboxylic acids is 2. The van der Waals surface area contributed by atoms with Crippen LogP contribution in [-0.2, 0) is 14.3 Å². The highest BCUT2D eigenvalue weighted by Gasteiger charge is 2.24. The Morgan fingerprint density at radius 1 is 1.02 bits per heavy atom. The van der Waals surface area contributed by atoms with Gasteiger partial charge in [0.2, 0.25) is 5.91 Å². The normalized spacial score (nSPS) is 15.4. The first-order chi connectivity index (χ1) is 22.0. The molecule has 4 aromatic rings. The van der Waals surface area contributed by atoms with Crippen LogP contribution in [0.5, 0.6) is 0 Å². The summed E-state index contributed by atoms with van der Waals surface area (Å²) in [4.78, 5) is 40.4. The molecule has 0 saturated carbocycles. The Bertz CT molecular complexity index is 1770. The van der Waals surface area contributed by atoms with Gasteiger partial charge in [-0.15, -0.1) is 11.3 Å². The largest absolute Gasteiger partial charge is 0.398 e. The number of aromatic nitrogens is 2. The lowest BCUT2D eigenvalue weighted by atomic mass is 10.0. The van der Waals surface area contributed by atoms with Crippen molar-refractivity contribution < 1.29 is 14.3 Å². The minimum absolute atomic E-state index is 0.0322. The Kier molecular flexibility index (Phi) is 9.42. The van der Waals surface area contributed by atoms with Gasteiger partial charge in [0, 0.05) is 66.9 Å². The van der Waals surface area contributed by atoms with E-state index in [1.165, 1.54) is 11.8 Å². The first-order valence-electron chi connectivity index (χ1n) is 15.3. The summed E-state index contributed by atoms with van der Waals surface area (Å²) in [6, 6.07) is 17.4. The molecule has 0 aliphatic carbocycles. The first kappa shape index (κ1) is 30.4. The molecule has 0 atom stereocenters. The van der Waals surface area contributed by atoms with Gasteiger partial charge < -0.3 is 25.7 Å². The highest BCUT2D eigenvalue weighted by molar-refractivity contribution is 7.20. The molecule has 1 fully saturated rings. The zero-order valence-corrected chi connectivity index (χ0v) is 25.9. The molecule has 0 spiro atoms. The highest BCUT2D eigenvalue weighted by atomic mass is 32.1. The molecule has 10 heteroatoms.